The smallest absolute Gasteiger partial charge is 0.175 e. The van der Waals surface area contributed by atoms with Crippen molar-refractivity contribution < 1.29 is 33.6 Å². The summed E-state index contributed by atoms with van der Waals surface area (Å²) >= 11 is 0. The number of aliphatic hydroxyl groups excluding tert-OH is 4. The third kappa shape index (κ3) is 3.84. The number of aliphatic hydroxyl groups is 4. The van der Waals surface area contributed by atoms with E-state index >= 15 is 0 Å². The summed E-state index contributed by atoms with van der Waals surface area (Å²) in [5.41, 5.74) is 2.99. The third-order valence-electron chi connectivity index (χ3n) is 5.17. The normalized spacial score (nSPS) is 28.3. The highest BCUT2D eigenvalue weighted by Gasteiger charge is 2.44. The molecule has 1 fully saturated rings. The van der Waals surface area contributed by atoms with Crippen LogP contribution in [0.1, 0.15) is 17.2 Å². The highest BCUT2D eigenvalue weighted by atomic mass is 32.2. The molecular formula is C20H24O7S. The van der Waals surface area contributed by atoms with Crippen LogP contribution in [-0.4, -0.2) is 66.1 Å². The van der Waals surface area contributed by atoms with E-state index in [2.05, 4.69) is 0 Å². The predicted octanol–water partition coefficient (Wildman–Crippen LogP) is 0.580. The fraction of sp³-hybridized carbons (Fsp3) is 0.400. The van der Waals surface area contributed by atoms with Crippen LogP contribution in [0.2, 0.25) is 0 Å². The zero-order valence-electron chi connectivity index (χ0n) is 15.6. The lowest BCUT2D eigenvalue weighted by molar-refractivity contribution is -0.231. The highest BCUT2D eigenvalue weighted by molar-refractivity contribution is 7.90. The number of hydrogen-bond acceptors (Lipinski definition) is 7. The average molecular weight is 408 g/mol. The number of hydrogen-bond donors (Lipinski definition) is 4. The average Bonchev–Trinajstić information content (AvgIpc) is 2.66. The molecule has 0 unspecified atom stereocenters. The van der Waals surface area contributed by atoms with Crippen molar-refractivity contribution in [3.63, 3.8) is 0 Å². The number of ether oxygens (including phenoxy) is 1. The summed E-state index contributed by atoms with van der Waals surface area (Å²) in [6, 6.07) is 11.8. The van der Waals surface area contributed by atoms with E-state index in [0.29, 0.717) is 5.56 Å². The van der Waals surface area contributed by atoms with E-state index in [9.17, 15) is 28.8 Å². The lowest BCUT2D eigenvalue weighted by Gasteiger charge is -2.40. The standard InChI is InChI=1S/C20H24O7S/c1-11-14(12-6-8-13(9-7-12)28(2,25)26)4-3-5-15(11)20-19(24)18(23)17(22)16(10-21)27-20/h3-9,16-24H,10H2,1-2H3/t16-,17-,18+,19+,20-/m1/s1. The first kappa shape index (κ1) is 20.9. The van der Waals surface area contributed by atoms with E-state index in [-0.39, 0.29) is 4.90 Å². The maximum absolute atomic E-state index is 11.7. The van der Waals surface area contributed by atoms with E-state index in [1.54, 1.807) is 24.3 Å². The Morgan fingerprint density at radius 1 is 0.964 bits per heavy atom. The van der Waals surface area contributed by atoms with Gasteiger partial charge in [-0.05, 0) is 41.3 Å². The molecule has 28 heavy (non-hydrogen) atoms. The molecule has 0 radical (unpaired) electrons. The van der Waals surface area contributed by atoms with Crippen LogP contribution in [0, 0.1) is 6.92 Å². The Morgan fingerprint density at radius 2 is 1.61 bits per heavy atom. The predicted molar refractivity (Wildman–Crippen MR) is 102 cm³/mol. The largest absolute Gasteiger partial charge is 0.394 e. The quantitative estimate of drug-likeness (QED) is 0.583. The summed E-state index contributed by atoms with van der Waals surface area (Å²) in [5, 5.41) is 39.8. The molecule has 1 aliphatic rings. The molecule has 1 aliphatic heterocycles. The van der Waals surface area contributed by atoms with Gasteiger partial charge in [-0.3, -0.25) is 0 Å². The van der Waals surface area contributed by atoms with Crippen molar-refractivity contribution in [2.75, 3.05) is 12.9 Å². The number of benzene rings is 2. The second-order valence-corrected chi connectivity index (χ2v) is 9.08. The van der Waals surface area contributed by atoms with Crippen LogP contribution < -0.4 is 0 Å². The Labute approximate surface area is 163 Å². The van der Waals surface area contributed by atoms with E-state index in [0.717, 1.165) is 22.9 Å². The van der Waals surface area contributed by atoms with E-state index in [4.69, 9.17) is 4.74 Å². The first-order chi connectivity index (χ1) is 13.1. The molecule has 8 heteroatoms. The zero-order chi connectivity index (χ0) is 20.6. The molecule has 0 aromatic heterocycles. The van der Waals surface area contributed by atoms with Crippen LogP contribution in [0.5, 0.6) is 0 Å². The minimum Gasteiger partial charge on any atom is -0.394 e. The molecule has 152 valence electrons. The number of sulfone groups is 1. The fourth-order valence-corrected chi connectivity index (χ4v) is 4.15. The van der Waals surface area contributed by atoms with E-state index < -0.39 is 47.0 Å². The van der Waals surface area contributed by atoms with Gasteiger partial charge in [-0.2, -0.15) is 0 Å². The van der Waals surface area contributed by atoms with Crippen molar-refractivity contribution in [3.8, 4) is 11.1 Å². The van der Waals surface area contributed by atoms with Crippen molar-refractivity contribution in [1.29, 1.82) is 0 Å². The van der Waals surface area contributed by atoms with Crippen LogP contribution >= 0.6 is 0 Å². The summed E-state index contributed by atoms with van der Waals surface area (Å²) < 4.78 is 29.0. The molecule has 2 aromatic carbocycles. The Hall–Kier alpha value is -1.81. The Bertz CT molecular complexity index is 938. The van der Waals surface area contributed by atoms with Crippen LogP contribution in [-0.2, 0) is 14.6 Å². The molecule has 4 N–H and O–H groups in total. The molecule has 1 saturated heterocycles. The van der Waals surface area contributed by atoms with Gasteiger partial charge in [0.05, 0.1) is 11.5 Å². The van der Waals surface area contributed by atoms with Crippen molar-refractivity contribution >= 4 is 9.84 Å². The van der Waals surface area contributed by atoms with Crippen LogP contribution in [0.3, 0.4) is 0 Å². The highest BCUT2D eigenvalue weighted by Crippen LogP contribution is 2.37. The first-order valence-electron chi connectivity index (χ1n) is 8.85. The van der Waals surface area contributed by atoms with Gasteiger partial charge in [0, 0.05) is 6.26 Å². The molecule has 0 bridgehead atoms. The lowest BCUT2D eigenvalue weighted by Crippen LogP contribution is -2.55. The minimum atomic E-state index is -3.29. The molecule has 0 spiro atoms. The third-order valence-corrected chi connectivity index (χ3v) is 6.30. The van der Waals surface area contributed by atoms with Crippen molar-refractivity contribution in [1.82, 2.24) is 0 Å². The molecule has 0 amide bonds. The second-order valence-electron chi connectivity index (χ2n) is 7.07. The molecule has 1 heterocycles. The molecule has 0 saturated carbocycles. The molecule has 3 rings (SSSR count). The van der Waals surface area contributed by atoms with E-state index in [1.165, 1.54) is 12.1 Å². The second kappa shape index (κ2) is 7.90. The fourth-order valence-electron chi connectivity index (χ4n) is 3.51. The van der Waals surface area contributed by atoms with Gasteiger partial charge >= 0.3 is 0 Å². The summed E-state index contributed by atoms with van der Waals surface area (Å²) in [6.45, 7) is 1.34. The van der Waals surface area contributed by atoms with Gasteiger partial charge in [-0.25, -0.2) is 8.42 Å². The maximum atomic E-state index is 11.7. The summed E-state index contributed by atoms with van der Waals surface area (Å²) in [4.78, 5) is 0.221. The number of rotatable bonds is 4. The molecule has 2 aromatic rings. The van der Waals surface area contributed by atoms with Gasteiger partial charge < -0.3 is 25.2 Å². The molecule has 5 atom stereocenters. The van der Waals surface area contributed by atoms with Crippen molar-refractivity contribution in [3.05, 3.63) is 53.6 Å². The van der Waals surface area contributed by atoms with Crippen molar-refractivity contribution in [2.24, 2.45) is 0 Å². The van der Waals surface area contributed by atoms with Crippen LogP contribution in [0.4, 0.5) is 0 Å². The lowest BCUT2D eigenvalue weighted by atomic mass is 9.87. The summed E-state index contributed by atoms with van der Waals surface area (Å²) in [6.07, 6.45) is -4.99. The van der Waals surface area contributed by atoms with Gasteiger partial charge in [-0.1, -0.05) is 30.3 Å². The Balaban J connectivity index is 1.99. The topological polar surface area (TPSA) is 124 Å². The van der Waals surface area contributed by atoms with Gasteiger partial charge in [0.15, 0.2) is 9.84 Å². The van der Waals surface area contributed by atoms with Gasteiger partial charge in [0.2, 0.25) is 0 Å². The maximum Gasteiger partial charge on any atom is 0.175 e. The zero-order valence-corrected chi connectivity index (χ0v) is 16.4. The summed E-state index contributed by atoms with van der Waals surface area (Å²) in [7, 11) is -3.29. The van der Waals surface area contributed by atoms with Gasteiger partial charge in [0.1, 0.15) is 30.5 Å². The minimum absolute atomic E-state index is 0.221. The van der Waals surface area contributed by atoms with Gasteiger partial charge in [0.25, 0.3) is 0 Å². The van der Waals surface area contributed by atoms with Gasteiger partial charge in [-0.15, -0.1) is 0 Å². The molecular weight excluding hydrogens is 384 g/mol. The van der Waals surface area contributed by atoms with Crippen LogP contribution in [0.15, 0.2) is 47.4 Å². The first-order valence-corrected chi connectivity index (χ1v) is 10.7. The Morgan fingerprint density at radius 3 is 2.18 bits per heavy atom. The summed E-state index contributed by atoms with van der Waals surface area (Å²) in [5.74, 6) is 0. The monoisotopic (exact) mass is 408 g/mol. The van der Waals surface area contributed by atoms with E-state index in [1.807, 2.05) is 13.0 Å². The van der Waals surface area contributed by atoms with Crippen LogP contribution in [0.25, 0.3) is 11.1 Å². The molecule has 7 nitrogen and oxygen atoms in total. The Kier molecular flexibility index (Phi) is 5.90. The van der Waals surface area contributed by atoms with Crippen molar-refractivity contribution in [2.45, 2.75) is 42.3 Å². The SMILES string of the molecule is Cc1c(-c2ccc(S(C)(=O)=O)cc2)cccc1[C@H]1O[C@H](CO)[C@@H](O)[C@H](O)[C@@H]1O. The molecule has 0 aliphatic carbocycles.